The molecule has 4 aromatic rings. The minimum Gasteiger partial charge on any atom is -0.384 e. The number of nitrogens with one attached hydrogen (secondary N) is 3. The first-order valence-electron chi connectivity index (χ1n) is 13.8. The van der Waals surface area contributed by atoms with Gasteiger partial charge in [0.2, 0.25) is 11.8 Å². The van der Waals surface area contributed by atoms with Crippen LogP contribution in [0.4, 0.5) is 5.69 Å². The highest BCUT2D eigenvalue weighted by molar-refractivity contribution is 5.96. The number of pyridine rings is 1. The van der Waals surface area contributed by atoms with Crippen molar-refractivity contribution < 1.29 is 9.59 Å². The standard InChI is InChI=1S/C31H32N6O2/c38-29-8-7-28(35-29)31(39)37-13-11-36(12-14-37)19-20-1-3-21(4-2-20)24-16-25-26(18-34-30(25)33-17-24)22-5-6-27-23(15-22)9-10-32-27/h1-6,15-18,28,32H,7-14,19H2,(H,33,34)(H,35,38). The van der Waals surface area contributed by atoms with Gasteiger partial charge in [0.05, 0.1) is 0 Å². The van der Waals surface area contributed by atoms with Gasteiger partial charge in [-0.25, -0.2) is 4.98 Å². The Hall–Kier alpha value is -4.17. The number of carbonyl (C=O) groups excluding carboxylic acids is 2. The normalized spacial score (nSPS) is 19.2. The van der Waals surface area contributed by atoms with Crippen molar-refractivity contribution in [3.63, 3.8) is 0 Å². The molecule has 3 aliphatic rings. The number of piperazine rings is 1. The maximum absolute atomic E-state index is 12.7. The third-order valence-electron chi connectivity index (χ3n) is 8.33. The molecule has 8 heteroatoms. The van der Waals surface area contributed by atoms with Crippen molar-refractivity contribution in [3.05, 3.63) is 72.1 Å². The molecule has 0 spiro atoms. The first kappa shape index (κ1) is 23.9. The van der Waals surface area contributed by atoms with E-state index in [2.05, 4.69) is 75.2 Å². The van der Waals surface area contributed by atoms with Gasteiger partial charge in [-0.05, 0) is 53.3 Å². The zero-order chi connectivity index (χ0) is 26.3. The molecule has 2 fully saturated rings. The molecule has 8 nitrogen and oxygen atoms in total. The van der Waals surface area contributed by atoms with E-state index in [0.717, 1.165) is 54.8 Å². The number of hydrogen-bond acceptors (Lipinski definition) is 5. The number of aromatic amines is 1. The van der Waals surface area contributed by atoms with Gasteiger partial charge in [-0.3, -0.25) is 14.5 Å². The molecule has 2 aromatic carbocycles. The summed E-state index contributed by atoms with van der Waals surface area (Å²) in [5.41, 5.74) is 9.41. The molecule has 2 saturated heterocycles. The highest BCUT2D eigenvalue weighted by Crippen LogP contribution is 2.34. The number of aromatic nitrogens is 2. The fourth-order valence-corrected chi connectivity index (χ4v) is 6.08. The predicted octanol–water partition coefficient (Wildman–Crippen LogP) is 3.79. The summed E-state index contributed by atoms with van der Waals surface area (Å²) in [4.78, 5) is 36.5. The molecule has 0 bridgehead atoms. The lowest BCUT2D eigenvalue weighted by molar-refractivity contribution is -0.136. The molecule has 39 heavy (non-hydrogen) atoms. The number of fused-ring (bicyclic) bond motifs is 2. The third-order valence-corrected chi connectivity index (χ3v) is 8.33. The smallest absolute Gasteiger partial charge is 0.245 e. The molecule has 2 amide bonds. The molecule has 3 aliphatic heterocycles. The fourth-order valence-electron chi connectivity index (χ4n) is 6.08. The molecule has 0 aliphatic carbocycles. The Morgan fingerprint density at radius 2 is 1.77 bits per heavy atom. The Labute approximate surface area is 227 Å². The van der Waals surface area contributed by atoms with E-state index >= 15 is 0 Å². The van der Waals surface area contributed by atoms with Gasteiger partial charge >= 0.3 is 0 Å². The number of amides is 2. The van der Waals surface area contributed by atoms with Crippen molar-refractivity contribution in [2.24, 2.45) is 0 Å². The van der Waals surface area contributed by atoms with Crippen LogP contribution in [0.25, 0.3) is 33.3 Å². The second-order valence-corrected chi connectivity index (χ2v) is 10.8. The molecule has 5 heterocycles. The Morgan fingerprint density at radius 1 is 0.949 bits per heavy atom. The van der Waals surface area contributed by atoms with Crippen LogP contribution in [0.2, 0.25) is 0 Å². The third kappa shape index (κ3) is 4.65. The first-order chi connectivity index (χ1) is 19.1. The molecule has 3 N–H and O–H groups in total. The molecule has 0 radical (unpaired) electrons. The van der Waals surface area contributed by atoms with Crippen molar-refractivity contribution in [1.29, 1.82) is 0 Å². The number of carbonyl (C=O) groups is 2. The van der Waals surface area contributed by atoms with E-state index in [9.17, 15) is 9.59 Å². The van der Waals surface area contributed by atoms with Crippen LogP contribution in [0.1, 0.15) is 24.0 Å². The van der Waals surface area contributed by atoms with Gasteiger partial charge < -0.3 is 20.5 Å². The van der Waals surface area contributed by atoms with Gasteiger partial charge in [-0.2, -0.15) is 0 Å². The molecule has 1 unspecified atom stereocenters. The van der Waals surface area contributed by atoms with Crippen LogP contribution in [-0.4, -0.2) is 70.3 Å². The molecule has 7 rings (SSSR count). The summed E-state index contributed by atoms with van der Waals surface area (Å²) < 4.78 is 0. The molecular formula is C31H32N6O2. The van der Waals surface area contributed by atoms with Crippen LogP contribution in [0, 0.1) is 0 Å². The van der Waals surface area contributed by atoms with Crippen LogP contribution in [0.15, 0.2) is 60.9 Å². The second kappa shape index (κ2) is 9.85. The first-order valence-corrected chi connectivity index (χ1v) is 13.8. The van der Waals surface area contributed by atoms with Gasteiger partial charge in [0, 0.05) is 80.3 Å². The number of rotatable bonds is 5. The average molecular weight is 521 g/mol. The molecule has 0 saturated carbocycles. The van der Waals surface area contributed by atoms with Crippen LogP contribution in [-0.2, 0) is 22.6 Å². The zero-order valence-electron chi connectivity index (χ0n) is 21.9. The Kier molecular flexibility index (Phi) is 6.04. The SMILES string of the molecule is O=C1CCC(C(=O)N2CCN(Cc3ccc(-c4cnc5[nH]cc(-c6ccc7c(c6)CCN7)c5c4)cc3)CC2)N1. The van der Waals surface area contributed by atoms with Crippen molar-refractivity contribution >= 4 is 28.5 Å². The van der Waals surface area contributed by atoms with Crippen LogP contribution >= 0.6 is 0 Å². The number of anilines is 1. The lowest BCUT2D eigenvalue weighted by Gasteiger charge is -2.35. The number of H-pyrrole nitrogens is 1. The zero-order valence-corrected chi connectivity index (χ0v) is 21.9. The fraction of sp³-hybridized carbons (Fsp3) is 0.323. The van der Waals surface area contributed by atoms with Crippen LogP contribution < -0.4 is 10.6 Å². The topological polar surface area (TPSA) is 93.4 Å². The lowest BCUT2D eigenvalue weighted by Crippen LogP contribution is -2.53. The van der Waals surface area contributed by atoms with E-state index in [-0.39, 0.29) is 17.9 Å². The maximum atomic E-state index is 12.7. The summed E-state index contributed by atoms with van der Waals surface area (Å²) in [6.07, 6.45) is 6.13. The van der Waals surface area contributed by atoms with E-state index in [1.54, 1.807) is 0 Å². The van der Waals surface area contributed by atoms with Crippen molar-refractivity contribution in [2.75, 3.05) is 38.0 Å². The highest BCUT2D eigenvalue weighted by atomic mass is 16.2. The van der Waals surface area contributed by atoms with Gasteiger partial charge in [-0.15, -0.1) is 0 Å². The van der Waals surface area contributed by atoms with Crippen LogP contribution in [0.3, 0.4) is 0 Å². The summed E-state index contributed by atoms with van der Waals surface area (Å²) in [7, 11) is 0. The molecule has 1 atom stereocenters. The summed E-state index contributed by atoms with van der Waals surface area (Å²) in [6.45, 7) is 4.94. The van der Waals surface area contributed by atoms with E-state index in [0.29, 0.717) is 25.9 Å². The minimum atomic E-state index is -0.335. The number of hydrogen-bond donors (Lipinski definition) is 3. The average Bonchev–Trinajstić information content (AvgIpc) is 3.72. The van der Waals surface area contributed by atoms with Crippen molar-refractivity contribution in [1.82, 2.24) is 25.1 Å². The minimum absolute atomic E-state index is 0.0171. The van der Waals surface area contributed by atoms with Gasteiger partial charge in [0.1, 0.15) is 11.7 Å². The summed E-state index contributed by atoms with van der Waals surface area (Å²) in [5.74, 6) is 0.0469. The van der Waals surface area contributed by atoms with Crippen molar-refractivity contribution in [2.45, 2.75) is 31.8 Å². The summed E-state index contributed by atoms with van der Waals surface area (Å²) in [6, 6.07) is 17.3. The van der Waals surface area contributed by atoms with Crippen molar-refractivity contribution in [3.8, 4) is 22.3 Å². The van der Waals surface area contributed by atoms with Gasteiger partial charge in [0.25, 0.3) is 0 Å². The van der Waals surface area contributed by atoms with E-state index in [1.807, 2.05) is 11.1 Å². The summed E-state index contributed by atoms with van der Waals surface area (Å²) in [5, 5.41) is 7.37. The largest absolute Gasteiger partial charge is 0.384 e. The lowest BCUT2D eigenvalue weighted by atomic mass is 9.99. The Bertz CT molecular complexity index is 1550. The summed E-state index contributed by atoms with van der Waals surface area (Å²) >= 11 is 0. The molecule has 2 aromatic heterocycles. The monoisotopic (exact) mass is 520 g/mol. The Balaban J connectivity index is 1.02. The maximum Gasteiger partial charge on any atom is 0.245 e. The predicted molar refractivity (Wildman–Crippen MR) is 152 cm³/mol. The Morgan fingerprint density at radius 3 is 2.56 bits per heavy atom. The quantitative estimate of drug-likeness (QED) is 0.372. The van der Waals surface area contributed by atoms with Crippen LogP contribution in [0.5, 0.6) is 0 Å². The number of nitrogens with zero attached hydrogens (tertiary/aromatic N) is 3. The highest BCUT2D eigenvalue weighted by Gasteiger charge is 2.32. The molecule has 198 valence electrons. The molecular weight excluding hydrogens is 488 g/mol. The second-order valence-electron chi connectivity index (χ2n) is 10.8. The van der Waals surface area contributed by atoms with Gasteiger partial charge in [-0.1, -0.05) is 30.3 Å². The van der Waals surface area contributed by atoms with Gasteiger partial charge in [0.15, 0.2) is 0 Å². The van der Waals surface area contributed by atoms with E-state index in [1.165, 1.54) is 27.9 Å². The number of benzene rings is 2. The van der Waals surface area contributed by atoms with E-state index in [4.69, 9.17) is 4.98 Å². The van der Waals surface area contributed by atoms with E-state index < -0.39 is 0 Å².